The highest BCUT2D eigenvalue weighted by Crippen LogP contribution is 2.45. The molecule has 0 fully saturated rings. The van der Waals surface area contributed by atoms with Gasteiger partial charge in [0.1, 0.15) is 29.6 Å². The average molecular weight is 426 g/mol. The molecule has 0 bridgehead atoms. The molecule has 31 heavy (non-hydrogen) atoms. The Morgan fingerprint density at radius 2 is 2.06 bits per heavy atom. The van der Waals surface area contributed by atoms with Crippen LogP contribution in [0.25, 0.3) is 11.0 Å². The third kappa shape index (κ3) is 4.75. The minimum absolute atomic E-state index is 0.0826. The van der Waals surface area contributed by atoms with Gasteiger partial charge in [-0.15, -0.1) is 0 Å². The number of aryl methyl sites for hydroxylation is 1. The Labute approximate surface area is 183 Å². The van der Waals surface area contributed by atoms with Crippen molar-refractivity contribution < 1.29 is 14.2 Å². The van der Waals surface area contributed by atoms with Crippen molar-refractivity contribution >= 4 is 11.0 Å². The second-order valence-corrected chi connectivity index (χ2v) is 9.15. The molecule has 0 saturated carbocycles. The van der Waals surface area contributed by atoms with E-state index >= 15 is 0 Å². The molecular weight excluding hydrogens is 393 g/mol. The van der Waals surface area contributed by atoms with Crippen molar-refractivity contribution in [1.29, 1.82) is 0 Å². The molecule has 1 aromatic heterocycles. The van der Waals surface area contributed by atoms with Crippen LogP contribution in [0.1, 0.15) is 44.0 Å². The predicted octanol–water partition coefficient (Wildman–Crippen LogP) is 4.52. The fourth-order valence-corrected chi connectivity index (χ4v) is 4.82. The third-order valence-corrected chi connectivity index (χ3v) is 6.35. The van der Waals surface area contributed by atoms with E-state index in [2.05, 4.69) is 35.8 Å². The topological polar surface area (TPSA) is 61.4 Å². The van der Waals surface area contributed by atoms with Gasteiger partial charge in [0.15, 0.2) is 0 Å². The number of nitrogens with one attached hydrogen (secondary N) is 1. The van der Waals surface area contributed by atoms with Crippen molar-refractivity contribution in [2.45, 2.75) is 44.6 Å². The smallest absolute Gasteiger partial charge is 0.126 e. The first-order valence-corrected chi connectivity index (χ1v) is 11.1. The quantitative estimate of drug-likeness (QED) is 0.557. The first-order valence-electron chi connectivity index (χ1n) is 11.1. The number of nitrogens with zero attached hydrogens (tertiary/aromatic N) is 2. The van der Waals surface area contributed by atoms with Gasteiger partial charge >= 0.3 is 0 Å². The number of benzene rings is 2. The Morgan fingerprint density at radius 3 is 2.84 bits per heavy atom. The number of aliphatic hydroxyl groups is 1. The molecule has 166 valence electrons. The van der Waals surface area contributed by atoms with E-state index in [1.165, 1.54) is 12.1 Å². The van der Waals surface area contributed by atoms with Crippen molar-refractivity contribution in [1.82, 2.24) is 14.9 Å². The highest BCUT2D eigenvalue weighted by Gasteiger charge is 2.44. The van der Waals surface area contributed by atoms with Crippen molar-refractivity contribution in [3.05, 3.63) is 59.7 Å². The van der Waals surface area contributed by atoms with Gasteiger partial charge in [0, 0.05) is 30.5 Å². The minimum Gasteiger partial charge on any atom is -0.490 e. The van der Waals surface area contributed by atoms with Crippen LogP contribution in [-0.4, -0.2) is 52.3 Å². The van der Waals surface area contributed by atoms with Gasteiger partial charge in [-0.1, -0.05) is 32.0 Å². The molecule has 3 aromatic rings. The van der Waals surface area contributed by atoms with Crippen LogP contribution in [0.5, 0.6) is 5.75 Å². The summed E-state index contributed by atoms with van der Waals surface area (Å²) >= 11 is 0. The van der Waals surface area contributed by atoms with Gasteiger partial charge in [0.25, 0.3) is 0 Å². The summed E-state index contributed by atoms with van der Waals surface area (Å²) in [7, 11) is 2.08. The van der Waals surface area contributed by atoms with Crippen LogP contribution in [0, 0.1) is 11.7 Å². The van der Waals surface area contributed by atoms with Gasteiger partial charge in [0.2, 0.25) is 0 Å². The number of ether oxygens (including phenoxy) is 1. The maximum atomic E-state index is 13.6. The second-order valence-electron chi connectivity index (χ2n) is 9.15. The lowest BCUT2D eigenvalue weighted by molar-refractivity contribution is -0.0640. The molecule has 0 radical (unpaired) electrons. The van der Waals surface area contributed by atoms with Gasteiger partial charge < -0.3 is 19.7 Å². The number of imidazole rings is 1. The van der Waals surface area contributed by atoms with Crippen molar-refractivity contribution in [2.75, 3.05) is 26.7 Å². The SMILES string of the molecule is CC(C)[C@H]1c2ccc(F)cc2OC[C@]1(O)CCN(C)CCCc1nc2ccccc2[nH]1. The van der Waals surface area contributed by atoms with Crippen molar-refractivity contribution in [3.8, 4) is 5.75 Å². The fraction of sp³-hybridized carbons (Fsp3) is 0.480. The van der Waals surface area contributed by atoms with Crippen LogP contribution in [-0.2, 0) is 6.42 Å². The molecule has 0 unspecified atom stereocenters. The Kier molecular flexibility index (Phi) is 6.30. The maximum Gasteiger partial charge on any atom is 0.126 e. The van der Waals surface area contributed by atoms with E-state index in [1.54, 1.807) is 6.07 Å². The molecular formula is C25H32FN3O2. The van der Waals surface area contributed by atoms with Crippen molar-refractivity contribution in [3.63, 3.8) is 0 Å². The van der Waals surface area contributed by atoms with Crippen LogP contribution in [0.3, 0.4) is 0 Å². The lowest BCUT2D eigenvalue weighted by Crippen LogP contribution is -2.49. The zero-order chi connectivity index (χ0) is 22.0. The summed E-state index contributed by atoms with van der Waals surface area (Å²) in [4.78, 5) is 10.3. The van der Waals surface area contributed by atoms with Crippen LogP contribution in [0.2, 0.25) is 0 Å². The van der Waals surface area contributed by atoms with Gasteiger partial charge in [-0.05, 0) is 50.6 Å². The normalized spacial score (nSPS) is 20.9. The van der Waals surface area contributed by atoms with Crippen LogP contribution < -0.4 is 4.74 Å². The summed E-state index contributed by atoms with van der Waals surface area (Å²) in [6.07, 6.45) is 2.48. The third-order valence-electron chi connectivity index (χ3n) is 6.35. The van der Waals surface area contributed by atoms with E-state index in [0.717, 1.165) is 48.4 Å². The molecule has 0 amide bonds. The number of aromatic nitrogens is 2. The van der Waals surface area contributed by atoms with E-state index in [4.69, 9.17) is 4.74 Å². The number of rotatable bonds is 8. The summed E-state index contributed by atoms with van der Waals surface area (Å²) in [5.74, 6) is 1.40. The summed E-state index contributed by atoms with van der Waals surface area (Å²) < 4.78 is 19.4. The summed E-state index contributed by atoms with van der Waals surface area (Å²) in [5, 5.41) is 11.5. The molecule has 2 N–H and O–H groups in total. The predicted molar refractivity (Wildman–Crippen MR) is 121 cm³/mol. The Bertz CT molecular complexity index is 1000. The molecule has 5 nitrogen and oxygen atoms in total. The number of H-pyrrole nitrogens is 1. The molecule has 6 heteroatoms. The molecule has 0 saturated heterocycles. The van der Waals surface area contributed by atoms with Crippen LogP contribution in [0.4, 0.5) is 4.39 Å². The number of hydrogen-bond donors (Lipinski definition) is 2. The monoisotopic (exact) mass is 425 g/mol. The molecule has 2 heterocycles. The fourth-order valence-electron chi connectivity index (χ4n) is 4.82. The summed E-state index contributed by atoms with van der Waals surface area (Å²) in [5.41, 5.74) is 2.01. The molecule has 1 aliphatic rings. The molecule has 0 spiro atoms. The molecule has 1 aliphatic heterocycles. The number of aromatic amines is 1. The molecule has 2 aromatic carbocycles. The van der Waals surface area contributed by atoms with Gasteiger partial charge in [-0.25, -0.2) is 9.37 Å². The highest BCUT2D eigenvalue weighted by atomic mass is 19.1. The van der Waals surface area contributed by atoms with E-state index in [9.17, 15) is 9.50 Å². The van der Waals surface area contributed by atoms with Crippen LogP contribution >= 0.6 is 0 Å². The van der Waals surface area contributed by atoms with Crippen molar-refractivity contribution in [2.24, 2.45) is 5.92 Å². The summed E-state index contributed by atoms with van der Waals surface area (Å²) in [6, 6.07) is 12.7. The summed E-state index contributed by atoms with van der Waals surface area (Å²) in [6.45, 7) is 6.08. The number of para-hydroxylation sites is 2. The largest absolute Gasteiger partial charge is 0.490 e. The Hall–Kier alpha value is -2.44. The standard InChI is InChI=1S/C25H32FN3O2/c1-17(2)24-19-11-10-18(26)15-22(19)31-16-25(24,30)12-14-29(3)13-6-9-23-27-20-7-4-5-8-21(20)28-23/h4-5,7-8,10-11,15,17,24,30H,6,9,12-14,16H2,1-3H3,(H,27,28)/t24-,25+/m0/s1. The van der Waals surface area contributed by atoms with E-state index in [1.807, 2.05) is 24.3 Å². The molecule has 2 atom stereocenters. The number of halogens is 1. The van der Waals surface area contributed by atoms with E-state index < -0.39 is 5.60 Å². The molecule has 4 rings (SSSR count). The Morgan fingerprint density at radius 1 is 1.26 bits per heavy atom. The van der Waals surface area contributed by atoms with Gasteiger partial charge in [-0.2, -0.15) is 0 Å². The zero-order valence-corrected chi connectivity index (χ0v) is 18.6. The zero-order valence-electron chi connectivity index (χ0n) is 18.6. The number of fused-ring (bicyclic) bond motifs is 2. The number of hydrogen-bond acceptors (Lipinski definition) is 4. The minimum atomic E-state index is -0.966. The highest BCUT2D eigenvalue weighted by molar-refractivity contribution is 5.74. The Balaban J connectivity index is 1.33. The maximum absolute atomic E-state index is 13.6. The molecule has 0 aliphatic carbocycles. The van der Waals surface area contributed by atoms with E-state index in [0.29, 0.717) is 12.2 Å². The lowest BCUT2D eigenvalue weighted by atomic mass is 9.72. The van der Waals surface area contributed by atoms with Crippen LogP contribution in [0.15, 0.2) is 42.5 Å². The van der Waals surface area contributed by atoms with Gasteiger partial charge in [0.05, 0.1) is 11.0 Å². The average Bonchev–Trinajstić information content (AvgIpc) is 3.15. The van der Waals surface area contributed by atoms with E-state index in [-0.39, 0.29) is 24.3 Å². The lowest BCUT2D eigenvalue weighted by Gasteiger charge is -2.43. The first kappa shape index (κ1) is 21.8. The first-order chi connectivity index (χ1) is 14.9. The second kappa shape index (κ2) is 8.97. The van der Waals surface area contributed by atoms with Gasteiger partial charge in [-0.3, -0.25) is 0 Å².